The van der Waals surface area contributed by atoms with E-state index in [0.717, 1.165) is 66.2 Å². The molecule has 1 atom stereocenters. The van der Waals surface area contributed by atoms with Crippen molar-refractivity contribution < 1.29 is 19.2 Å². The molecule has 4 rings (SSSR count). The first kappa shape index (κ1) is 24.5. The highest BCUT2D eigenvalue weighted by molar-refractivity contribution is 5.92. The summed E-state index contributed by atoms with van der Waals surface area (Å²) >= 11 is 0. The Morgan fingerprint density at radius 3 is 2.53 bits per heavy atom. The number of amides is 1. The summed E-state index contributed by atoms with van der Waals surface area (Å²) in [5, 5.41) is 17.0. The lowest BCUT2D eigenvalue weighted by Crippen LogP contribution is -2.24. The molecule has 1 aromatic heterocycles. The zero-order chi connectivity index (χ0) is 24.4. The van der Waals surface area contributed by atoms with Crippen LogP contribution in [0.15, 0.2) is 22.7 Å². The molecule has 1 heterocycles. The van der Waals surface area contributed by atoms with Gasteiger partial charge in [-0.1, -0.05) is 43.6 Å². The summed E-state index contributed by atoms with van der Waals surface area (Å²) in [5.74, 6) is 1.55. The zero-order valence-electron chi connectivity index (χ0n) is 20.9. The lowest BCUT2D eigenvalue weighted by molar-refractivity contribution is -0.137. The second-order valence-corrected chi connectivity index (χ2v) is 10.8. The van der Waals surface area contributed by atoms with Gasteiger partial charge in [-0.05, 0) is 74.8 Å². The fourth-order valence-electron chi connectivity index (χ4n) is 5.54. The third-order valence-electron chi connectivity index (χ3n) is 7.34. The van der Waals surface area contributed by atoms with Crippen LogP contribution in [0.4, 0.5) is 5.69 Å². The minimum absolute atomic E-state index is 0.0790. The molecule has 2 fully saturated rings. The van der Waals surface area contributed by atoms with Crippen LogP contribution in [0.2, 0.25) is 0 Å². The monoisotopic (exact) mass is 466 g/mol. The number of benzene rings is 1. The number of rotatable bonds is 11. The van der Waals surface area contributed by atoms with Crippen LogP contribution in [0.3, 0.4) is 0 Å². The van der Waals surface area contributed by atoms with Gasteiger partial charge in [0.2, 0.25) is 5.91 Å². The summed E-state index contributed by atoms with van der Waals surface area (Å²) in [6.45, 7) is 8.61. The summed E-state index contributed by atoms with van der Waals surface area (Å²) in [5.41, 5.74) is 4.82. The van der Waals surface area contributed by atoms with Gasteiger partial charge in [-0.25, -0.2) is 0 Å². The Bertz CT molecular complexity index is 1030. The summed E-state index contributed by atoms with van der Waals surface area (Å²) in [6, 6.07) is 5.97. The van der Waals surface area contributed by atoms with Crippen LogP contribution in [0.1, 0.15) is 112 Å². The average Bonchev–Trinajstić information content (AvgIpc) is 3.49. The predicted octanol–water partition coefficient (Wildman–Crippen LogP) is 6.55. The summed E-state index contributed by atoms with van der Waals surface area (Å²) in [4.78, 5) is 24.7. The van der Waals surface area contributed by atoms with Gasteiger partial charge in [-0.15, -0.1) is 0 Å². The highest BCUT2D eigenvalue weighted by Gasteiger charge is 2.42. The van der Waals surface area contributed by atoms with Crippen molar-refractivity contribution in [2.45, 2.75) is 96.8 Å². The first-order valence-electron chi connectivity index (χ1n) is 12.9. The van der Waals surface area contributed by atoms with Gasteiger partial charge in [0, 0.05) is 29.5 Å². The SMILES string of the molecule is CCc1cc(C)ccc1NC(=O)CC(CC(=O)O)c1noc(C2CC(CC(C)C)C2)c1C1CC1. The van der Waals surface area contributed by atoms with E-state index in [0.29, 0.717) is 23.4 Å². The number of carboxylic acid groups (broad SMARTS) is 1. The van der Waals surface area contributed by atoms with E-state index in [4.69, 9.17) is 4.52 Å². The number of aliphatic carboxylic acids is 1. The highest BCUT2D eigenvalue weighted by Crippen LogP contribution is 2.52. The van der Waals surface area contributed by atoms with Crippen molar-refractivity contribution in [2.24, 2.45) is 11.8 Å². The van der Waals surface area contributed by atoms with Crippen molar-refractivity contribution in [3.8, 4) is 0 Å². The van der Waals surface area contributed by atoms with Gasteiger partial charge in [0.15, 0.2) is 0 Å². The quantitative estimate of drug-likeness (QED) is 0.392. The molecule has 0 radical (unpaired) electrons. The number of anilines is 1. The Morgan fingerprint density at radius 2 is 1.91 bits per heavy atom. The van der Waals surface area contributed by atoms with Gasteiger partial charge in [0.1, 0.15) is 5.76 Å². The minimum Gasteiger partial charge on any atom is -0.481 e. The smallest absolute Gasteiger partial charge is 0.304 e. The van der Waals surface area contributed by atoms with Crippen LogP contribution in [0, 0.1) is 18.8 Å². The Morgan fingerprint density at radius 1 is 1.18 bits per heavy atom. The van der Waals surface area contributed by atoms with E-state index in [9.17, 15) is 14.7 Å². The Balaban J connectivity index is 1.52. The number of nitrogens with zero attached hydrogens (tertiary/aromatic N) is 1. The molecule has 2 saturated carbocycles. The normalized spacial score (nSPS) is 20.7. The van der Waals surface area contributed by atoms with E-state index in [2.05, 4.69) is 37.3 Å². The first-order valence-corrected chi connectivity index (χ1v) is 12.9. The molecule has 0 bridgehead atoms. The van der Waals surface area contributed by atoms with E-state index in [1.165, 1.54) is 6.42 Å². The van der Waals surface area contributed by atoms with E-state index in [1.807, 2.05) is 19.1 Å². The Hall–Kier alpha value is -2.63. The molecular formula is C28H38N2O4. The number of carbonyl (C=O) groups excluding carboxylic acids is 1. The van der Waals surface area contributed by atoms with Crippen LogP contribution >= 0.6 is 0 Å². The number of carbonyl (C=O) groups is 2. The molecule has 0 spiro atoms. The van der Waals surface area contributed by atoms with E-state index >= 15 is 0 Å². The topological polar surface area (TPSA) is 92.4 Å². The number of hydrogen-bond donors (Lipinski definition) is 2. The third-order valence-corrected chi connectivity index (χ3v) is 7.34. The molecule has 1 amide bonds. The molecule has 34 heavy (non-hydrogen) atoms. The molecule has 1 aromatic carbocycles. The minimum atomic E-state index is -0.922. The number of carboxylic acids is 1. The molecule has 184 valence electrons. The van der Waals surface area contributed by atoms with Gasteiger partial charge in [-0.2, -0.15) is 0 Å². The second-order valence-electron chi connectivity index (χ2n) is 10.8. The highest BCUT2D eigenvalue weighted by atomic mass is 16.5. The third kappa shape index (κ3) is 5.70. The molecule has 2 aliphatic rings. The summed E-state index contributed by atoms with van der Waals surface area (Å²) in [6.07, 6.45) is 6.39. The maximum Gasteiger partial charge on any atom is 0.304 e. The molecule has 2 N–H and O–H groups in total. The number of hydrogen-bond acceptors (Lipinski definition) is 4. The van der Waals surface area contributed by atoms with Gasteiger partial charge >= 0.3 is 5.97 Å². The standard InChI is InChI=1S/C28H38N2O4/c1-5-19-11-17(4)6-9-23(19)29-24(31)14-21(15-25(32)33)27-26(20-7-8-20)28(34-30-27)22-12-18(13-22)10-16(2)3/h6,9,11,16,18,20-22H,5,7-8,10,12-15H2,1-4H3,(H,29,31)(H,32,33). The van der Waals surface area contributed by atoms with Crippen molar-refractivity contribution in [1.29, 1.82) is 0 Å². The fraction of sp³-hybridized carbons (Fsp3) is 0.607. The van der Waals surface area contributed by atoms with Crippen molar-refractivity contribution in [3.05, 3.63) is 46.3 Å². The fourth-order valence-corrected chi connectivity index (χ4v) is 5.54. The predicted molar refractivity (Wildman–Crippen MR) is 132 cm³/mol. The van der Waals surface area contributed by atoms with Gasteiger partial charge in [-0.3, -0.25) is 9.59 Å². The Kier molecular flexibility index (Phi) is 7.44. The lowest BCUT2D eigenvalue weighted by atomic mass is 9.69. The Labute approximate surface area is 202 Å². The van der Waals surface area contributed by atoms with Crippen molar-refractivity contribution >= 4 is 17.6 Å². The number of nitrogens with one attached hydrogen (secondary N) is 1. The van der Waals surface area contributed by atoms with Gasteiger partial charge < -0.3 is 14.9 Å². The summed E-state index contributed by atoms with van der Waals surface area (Å²) in [7, 11) is 0. The first-order chi connectivity index (χ1) is 16.2. The maximum atomic E-state index is 13.0. The van der Waals surface area contributed by atoms with Gasteiger partial charge in [0.05, 0.1) is 12.1 Å². The van der Waals surface area contributed by atoms with E-state index in [1.54, 1.807) is 0 Å². The van der Waals surface area contributed by atoms with Gasteiger partial charge in [0.25, 0.3) is 0 Å². The molecule has 1 unspecified atom stereocenters. The number of aromatic nitrogens is 1. The zero-order valence-corrected chi connectivity index (χ0v) is 20.9. The molecule has 6 heteroatoms. The average molecular weight is 467 g/mol. The molecular weight excluding hydrogens is 428 g/mol. The summed E-state index contributed by atoms with van der Waals surface area (Å²) < 4.78 is 5.89. The van der Waals surface area contributed by atoms with Crippen LogP contribution in [0.5, 0.6) is 0 Å². The second kappa shape index (κ2) is 10.3. The molecule has 0 aliphatic heterocycles. The number of aryl methyl sites for hydroxylation is 2. The van der Waals surface area contributed by atoms with Crippen molar-refractivity contribution in [2.75, 3.05) is 5.32 Å². The van der Waals surface area contributed by atoms with Crippen LogP contribution in [0.25, 0.3) is 0 Å². The van der Waals surface area contributed by atoms with Crippen molar-refractivity contribution in [1.82, 2.24) is 5.16 Å². The van der Waals surface area contributed by atoms with Crippen molar-refractivity contribution in [3.63, 3.8) is 0 Å². The van der Waals surface area contributed by atoms with Crippen LogP contribution in [-0.4, -0.2) is 22.1 Å². The lowest BCUT2D eigenvalue weighted by Gasteiger charge is -2.35. The molecule has 2 aromatic rings. The van der Waals surface area contributed by atoms with Crippen LogP contribution < -0.4 is 5.32 Å². The largest absolute Gasteiger partial charge is 0.481 e. The maximum absolute atomic E-state index is 13.0. The van der Waals surface area contributed by atoms with E-state index in [-0.39, 0.29) is 18.7 Å². The molecule has 0 saturated heterocycles. The molecule has 2 aliphatic carbocycles. The van der Waals surface area contributed by atoms with E-state index < -0.39 is 11.9 Å². The molecule has 6 nitrogen and oxygen atoms in total. The van der Waals surface area contributed by atoms with Crippen LogP contribution in [-0.2, 0) is 16.0 Å².